The maximum atomic E-state index is 7.43. The quantitative estimate of drug-likeness (QED) is 0.176. The van der Waals surface area contributed by atoms with E-state index in [0.717, 1.165) is 50.4 Å². The van der Waals surface area contributed by atoms with Crippen LogP contribution in [0, 0.1) is 6.57 Å². The Morgan fingerprint density at radius 2 is 0.865 bits per heavy atom. The van der Waals surface area contributed by atoms with Crippen molar-refractivity contribution in [2.24, 2.45) is 0 Å². The summed E-state index contributed by atoms with van der Waals surface area (Å²) in [6.45, 7) is 7.43. The largest absolute Gasteiger partial charge is 0.457 e. The molecule has 1 aromatic heterocycles. The summed E-state index contributed by atoms with van der Waals surface area (Å²) in [6, 6.07) is 58.1. The van der Waals surface area contributed by atoms with Gasteiger partial charge >= 0.3 is 0 Å². The molecule has 7 aromatic carbocycles. The second kappa shape index (κ2) is 11.7. The molecular weight excluding hydrogens is 637 g/mol. The highest BCUT2D eigenvalue weighted by atomic mass is 16.5. The second-order valence-electron chi connectivity index (χ2n) is 13.1. The Bertz CT molecular complexity index is 2670. The Kier molecular flexibility index (Phi) is 6.70. The maximum Gasteiger partial charge on any atom is 0.187 e. The van der Waals surface area contributed by atoms with E-state index < -0.39 is 5.41 Å². The van der Waals surface area contributed by atoms with E-state index in [1.54, 1.807) is 12.1 Å². The zero-order chi connectivity index (χ0) is 34.6. The van der Waals surface area contributed by atoms with Crippen molar-refractivity contribution in [3.05, 3.63) is 204 Å². The zero-order valence-electron chi connectivity index (χ0n) is 27.9. The van der Waals surface area contributed by atoms with Crippen LogP contribution in [0.5, 0.6) is 11.5 Å². The number of hydrogen-bond acceptors (Lipinski definition) is 4. The molecule has 242 valence electrons. The van der Waals surface area contributed by atoms with Crippen molar-refractivity contribution >= 4 is 5.69 Å². The first-order valence-electron chi connectivity index (χ1n) is 17.2. The monoisotopic (exact) mass is 664 g/mol. The molecule has 0 saturated heterocycles. The zero-order valence-corrected chi connectivity index (χ0v) is 27.9. The van der Waals surface area contributed by atoms with Crippen LogP contribution in [0.1, 0.15) is 22.3 Å². The van der Waals surface area contributed by atoms with Crippen molar-refractivity contribution in [1.29, 1.82) is 0 Å². The molecule has 8 aromatic rings. The normalized spacial score (nSPS) is 12.9. The molecule has 1 spiro atoms. The lowest BCUT2D eigenvalue weighted by molar-refractivity contribution is 0.436. The summed E-state index contributed by atoms with van der Waals surface area (Å²) in [7, 11) is 0. The summed E-state index contributed by atoms with van der Waals surface area (Å²) >= 11 is 0. The highest BCUT2D eigenvalue weighted by Crippen LogP contribution is 2.62. The predicted molar refractivity (Wildman–Crippen MR) is 205 cm³/mol. The summed E-state index contributed by atoms with van der Waals surface area (Å²) in [4.78, 5) is 18.6. The minimum absolute atomic E-state index is 0.530. The molecule has 1 aliphatic carbocycles. The van der Waals surface area contributed by atoms with E-state index in [1.807, 2.05) is 36.4 Å². The van der Waals surface area contributed by atoms with Gasteiger partial charge in [0.15, 0.2) is 23.2 Å². The van der Waals surface area contributed by atoms with Gasteiger partial charge in [0.05, 0.1) is 12.0 Å². The third-order valence-corrected chi connectivity index (χ3v) is 10.2. The number of para-hydroxylation sites is 1. The van der Waals surface area contributed by atoms with Crippen molar-refractivity contribution in [1.82, 2.24) is 15.0 Å². The number of benzene rings is 7. The number of rotatable bonds is 4. The van der Waals surface area contributed by atoms with Crippen LogP contribution < -0.4 is 4.74 Å². The molecule has 52 heavy (non-hydrogen) atoms. The lowest BCUT2D eigenvalue weighted by Gasteiger charge is -2.39. The molecular formula is C47H28N4O. The van der Waals surface area contributed by atoms with Crippen molar-refractivity contribution in [3.63, 3.8) is 0 Å². The van der Waals surface area contributed by atoms with E-state index in [2.05, 4.69) is 126 Å². The summed E-state index contributed by atoms with van der Waals surface area (Å²) in [5.74, 6) is 3.22. The molecule has 2 aliphatic rings. The fourth-order valence-electron chi connectivity index (χ4n) is 7.89. The first-order valence-corrected chi connectivity index (χ1v) is 17.2. The van der Waals surface area contributed by atoms with Gasteiger partial charge in [-0.15, -0.1) is 0 Å². The van der Waals surface area contributed by atoms with Gasteiger partial charge in [-0.3, -0.25) is 0 Å². The number of fused-ring (bicyclic) bond motifs is 9. The Morgan fingerprint density at radius 3 is 1.50 bits per heavy atom. The standard InChI is InChI=1S/C47H28N4O/c1-48-35-26-23-33(24-27-35)45-49-44(32-21-19-31(20-22-32)30-11-3-2-4-12-30)50-46(51-45)34-25-28-41-43(29-34)52-42-18-10-9-17-40(42)47(41)38-15-7-5-13-36(38)37-14-6-8-16-39(37)47/h2-29H. The Labute approximate surface area is 301 Å². The third kappa shape index (κ3) is 4.52. The fourth-order valence-corrected chi connectivity index (χ4v) is 7.89. The van der Waals surface area contributed by atoms with E-state index in [4.69, 9.17) is 26.3 Å². The molecule has 2 heterocycles. The van der Waals surface area contributed by atoms with E-state index in [0.29, 0.717) is 23.2 Å². The highest BCUT2D eigenvalue weighted by molar-refractivity contribution is 5.89. The predicted octanol–water partition coefficient (Wildman–Crippen LogP) is 11.6. The van der Waals surface area contributed by atoms with Gasteiger partial charge in [0.25, 0.3) is 0 Å². The van der Waals surface area contributed by atoms with Gasteiger partial charge in [-0.1, -0.05) is 158 Å². The third-order valence-electron chi connectivity index (χ3n) is 10.2. The first kappa shape index (κ1) is 29.7. The fraction of sp³-hybridized carbons (Fsp3) is 0.0213. The van der Waals surface area contributed by atoms with E-state index in [1.165, 1.54) is 22.3 Å². The Hall–Kier alpha value is -7.16. The van der Waals surface area contributed by atoms with Gasteiger partial charge < -0.3 is 4.74 Å². The number of nitrogens with zero attached hydrogens (tertiary/aromatic N) is 4. The van der Waals surface area contributed by atoms with E-state index in [-0.39, 0.29) is 0 Å². The topological polar surface area (TPSA) is 52.3 Å². The van der Waals surface area contributed by atoms with Gasteiger partial charge in [0.2, 0.25) is 0 Å². The van der Waals surface area contributed by atoms with Crippen LogP contribution in [-0.2, 0) is 5.41 Å². The molecule has 0 fully saturated rings. The number of ether oxygens (including phenoxy) is 1. The van der Waals surface area contributed by atoms with Crippen molar-refractivity contribution in [3.8, 4) is 67.9 Å². The SMILES string of the molecule is [C-]#[N+]c1ccc(-c2nc(-c3ccc(-c4ccccc4)cc3)nc(-c3ccc4c(c3)Oc3ccccc3C43c4ccccc4-c4ccccc43)n2)cc1. The van der Waals surface area contributed by atoms with Crippen molar-refractivity contribution in [2.45, 2.75) is 5.41 Å². The van der Waals surface area contributed by atoms with Crippen LogP contribution in [0.4, 0.5) is 5.69 Å². The van der Waals surface area contributed by atoms with Crippen LogP contribution in [-0.4, -0.2) is 15.0 Å². The van der Waals surface area contributed by atoms with E-state index >= 15 is 0 Å². The summed E-state index contributed by atoms with van der Waals surface area (Å²) < 4.78 is 6.77. The molecule has 0 saturated carbocycles. The molecule has 5 heteroatoms. The average Bonchev–Trinajstić information content (AvgIpc) is 3.51. The highest BCUT2D eigenvalue weighted by Gasteiger charge is 2.50. The average molecular weight is 665 g/mol. The molecule has 0 radical (unpaired) electrons. The molecule has 0 N–H and O–H groups in total. The summed E-state index contributed by atoms with van der Waals surface area (Å²) in [5.41, 5.74) is 11.9. The van der Waals surface area contributed by atoms with Crippen molar-refractivity contribution < 1.29 is 4.74 Å². The molecule has 0 atom stereocenters. The van der Waals surface area contributed by atoms with Crippen LogP contribution in [0.25, 0.3) is 61.3 Å². The van der Waals surface area contributed by atoms with Crippen LogP contribution >= 0.6 is 0 Å². The minimum Gasteiger partial charge on any atom is -0.457 e. The molecule has 0 unspecified atom stereocenters. The van der Waals surface area contributed by atoms with Crippen LogP contribution in [0.3, 0.4) is 0 Å². The lowest BCUT2D eigenvalue weighted by atomic mass is 9.66. The first-order chi connectivity index (χ1) is 25.7. The second-order valence-corrected chi connectivity index (χ2v) is 13.1. The smallest absolute Gasteiger partial charge is 0.187 e. The Morgan fingerprint density at radius 1 is 0.404 bits per heavy atom. The number of aromatic nitrogens is 3. The van der Waals surface area contributed by atoms with Gasteiger partial charge in [-0.25, -0.2) is 19.8 Å². The summed E-state index contributed by atoms with van der Waals surface area (Å²) in [5, 5.41) is 0. The van der Waals surface area contributed by atoms with E-state index in [9.17, 15) is 0 Å². The molecule has 0 bridgehead atoms. The van der Waals surface area contributed by atoms with Crippen molar-refractivity contribution in [2.75, 3.05) is 0 Å². The summed E-state index contributed by atoms with van der Waals surface area (Å²) in [6.07, 6.45) is 0. The van der Waals surface area contributed by atoms with Gasteiger partial charge in [-0.2, -0.15) is 0 Å². The Balaban J connectivity index is 1.15. The van der Waals surface area contributed by atoms with Gasteiger partial charge in [0.1, 0.15) is 11.5 Å². The lowest BCUT2D eigenvalue weighted by Crippen LogP contribution is -2.32. The van der Waals surface area contributed by atoms with Crippen LogP contribution in [0.2, 0.25) is 0 Å². The number of hydrogen-bond donors (Lipinski definition) is 0. The maximum absolute atomic E-state index is 7.43. The molecule has 5 nitrogen and oxygen atoms in total. The molecule has 0 amide bonds. The molecule has 10 rings (SSSR count). The van der Waals surface area contributed by atoms with Gasteiger partial charge in [0, 0.05) is 27.8 Å². The van der Waals surface area contributed by atoms with Gasteiger partial charge in [-0.05, 0) is 45.5 Å². The molecule has 1 aliphatic heterocycles. The van der Waals surface area contributed by atoms with Crippen LogP contribution in [0.15, 0.2) is 170 Å². The minimum atomic E-state index is -0.545.